The van der Waals surface area contributed by atoms with E-state index in [1.54, 1.807) is 6.92 Å². The fourth-order valence-electron chi connectivity index (χ4n) is 4.79. The average Bonchev–Trinajstić information content (AvgIpc) is 2.52. The fourth-order valence-corrected chi connectivity index (χ4v) is 4.96. The lowest BCUT2D eigenvalue weighted by atomic mass is 9.63. The third kappa shape index (κ3) is 2.97. The minimum absolute atomic E-state index is 0.149. The lowest BCUT2D eigenvalue weighted by Crippen LogP contribution is -2.47. The molecule has 1 aromatic carbocycles. The number of nitrogens with zero attached hydrogens (tertiary/aromatic N) is 1. The third-order valence-corrected chi connectivity index (χ3v) is 6.38. The summed E-state index contributed by atoms with van der Waals surface area (Å²) in [5.41, 5.74) is 4.12. The van der Waals surface area contributed by atoms with Crippen molar-refractivity contribution in [2.45, 2.75) is 70.9 Å². The van der Waals surface area contributed by atoms with Crippen LogP contribution in [0, 0.1) is 6.92 Å². The van der Waals surface area contributed by atoms with E-state index in [0.717, 1.165) is 36.5 Å². The zero-order chi connectivity index (χ0) is 17.5. The predicted octanol–water partition coefficient (Wildman–Crippen LogP) is 4.36. The van der Waals surface area contributed by atoms with Crippen LogP contribution in [0.15, 0.2) is 12.1 Å². The molecule has 0 unspecified atom stereocenters. The molecule has 1 spiro atoms. The second-order valence-electron chi connectivity index (χ2n) is 7.79. The van der Waals surface area contributed by atoms with Gasteiger partial charge in [0.1, 0.15) is 0 Å². The van der Waals surface area contributed by atoms with E-state index in [2.05, 4.69) is 38.2 Å². The second kappa shape index (κ2) is 6.68. The normalized spacial score (nSPS) is 22.5. The molecule has 1 heterocycles. The summed E-state index contributed by atoms with van der Waals surface area (Å²) in [5.74, 6) is 0.152. The van der Waals surface area contributed by atoms with E-state index in [9.17, 15) is 4.79 Å². The molecule has 1 fully saturated rings. The largest absolute Gasteiger partial charge is 0.333 e. The molecule has 3 rings (SSSR count). The van der Waals surface area contributed by atoms with Crippen LogP contribution in [0.5, 0.6) is 0 Å². The number of benzene rings is 1. The van der Waals surface area contributed by atoms with Crippen LogP contribution in [0.4, 0.5) is 0 Å². The van der Waals surface area contributed by atoms with Crippen LogP contribution in [0.1, 0.15) is 69.2 Å². The molecular formula is C20H29ClN2O. The molecule has 1 amide bonds. The summed E-state index contributed by atoms with van der Waals surface area (Å²) >= 11 is 6.49. The Morgan fingerprint density at radius 3 is 2.54 bits per heavy atom. The number of hydrogen-bond donors (Lipinski definition) is 1. The van der Waals surface area contributed by atoms with Gasteiger partial charge in [0, 0.05) is 18.0 Å². The van der Waals surface area contributed by atoms with E-state index in [4.69, 9.17) is 11.6 Å². The molecule has 3 nitrogen and oxygen atoms in total. The van der Waals surface area contributed by atoms with Crippen LogP contribution in [-0.2, 0) is 10.2 Å². The van der Waals surface area contributed by atoms with Crippen molar-refractivity contribution in [3.63, 3.8) is 0 Å². The first-order chi connectivity index (χ1) is 11.4. The monoisotopic (exact) mass is 348 g/mol. The smallest absolute Gasteiger partial charge is 0.220 e. The van der Waals surface area contributed by atoms with Gasteiger partial charge in [-0.25, -0.2) is 0 Å². The summed E-state index contributed by atoms with van der Waals surface area (Å²) in [6, 6.07) is 4.78. The van der Waals surface area contributed by atoms with Crippen LogP contribution in [-0.4, -0.2) is 29.9 Å². The lowest BCUT2D eigenvalue weighted by molar-refractivity contribution is -0.133. The van der Waals surface area contributed by atoms with E-state index in [1.807, 2.05) is 4.90 Å². The van der Waals surface area contributed by atoms with Gasteiger partial charge in [-0.15, -0.1) is 0 Å². The number of fused-ring (bicyclic) bond motifs is 2. The van der Waals surface area contributed by atoms with E-state index < -0.39 is 0 Å². The number of carbonyl (C=O) groups is 1. The van der Waals surface area contributed by atoms with Crippen LogP contribution in [0.25, 0.3) is 0 Å². The number of aryl methyl sites for hydroxylation is 1. The van der Waals surface area contributed by atoms with Gasteiger partial charge in [-0.2, -0.15) is 0 Å². The highest BCUT2D eigenvalue weighted by molar-refractivity contribution is 6.31. The van der Waals surface area contributed by atoms with Gasteiger partial charge in [-0.05, 0) is 87.7 Å². The van der Waals surface area contributed by atoms with Crippen molar-refractivity contribution in [1.29, 1.82) is 0 Å². The van der Waals surface area contributed by atoms with E-state index in [0.29, 0.717) is 0 Å². The number of amides is 1. The van der Waals surface area contributed by atoms with Gasteiger partial charge in [0.25, 0.3) is 0 Å². The molecule has 1 aromatic rings. The zero-order valence-corrected chi connectivity index (χ0v) is 16.0. The van der Waals surface area contributed by atoms with Crippen LogP contribution >= 0.6 is 11.6 Å². The summed E-state index contributed by atoms with van der Waals surface area (Å²) < 4.78 is 0. The highest BCUT2D eigenvalue weighted by Crippen LogP contribution is 2.50. The van der Waals surface area contributed by atoms with Crippen LogP contribution in [0.3, 0.4) is 0 Å². The molecule has 0 saturated carbocycles. The Kier molecular flexibility index (Phi) is 4.94. The first-order valence-electron chi connectivity index (χ1n) is 9.16. The Hall–Kier alpha value is -1.06. The molecule has 1 aliphatic carbocycles. The molecule has 24 heavy (non-hydrogen) atoms. The molecule has 0 bridgehead atoms. The van der Waals surface area contributed by atoms with E-state index >= 15 is 0 Å². The highest BCUT2D eigenvalue weighted by Gasteiger charge is 2.43. The lowest BCUT2D eigenvalue weighted by Gasteiger charge is -2.48. The van der Waals surface area contributed by atoms with Crippen molar-refractivity contribution in [1.82, 2.24) is 10.2 Å². The minimum atomic E-state index is 0.149. The van der Waals surface area contributed by atoms with Crippen molar-refractivity contribution >= 4 is 17.5 Å². The molecule has 1 atom stereocenters. The molecule has 1 saturated heterocycles. The molecule has 4 heteroatoms. The van der Waals surface area contributed by atoms with Gasteiger partial charge < -0.3 is 10.2 Å². The SMILES string of the molecule is CC(=O)N(C(C)C)[C@H]1CCC2(CCNCC2)c2cc(C)c(Cl)cc21. The van der Waals surface area contributed by atoms with Crippen molar-refractivity contribution in [2.24, 2.45) is 0 Å². The van der Waals surface area contributed by atoms with Crippen molar-refractivity contribution < 1.29 is 4.79 Å². The first-order valence-corrected chi connectivity index (χ1v) is 9.54. The van der Waals surface area contributed by atoms with Gasteiger partial charge in [0.15, 0.2) is 0 Å². The number of rotatable bonds is 2. The fraction of sp³-hybridized carbons (Fsp3) is 0.650. The van der Waals surface area contributed by atoms with E-state index in [-0.39, 0.29) is 23.4 Å². The summed E-state index contributed by atoms with van der Waals surface area (Å²) in [4.78, 5) is 14.3. The first kappa shape index (κ1) is 17.8. The molecule has 0 aromatic heterocycles. The molecule has 1 aliphatic heterocycles. The molecule has 2 aliphatic rings. The number of hydrogen-bond acceptors (Lipinski definition) is 2. The predicted molar refractivity (Wildman–Crippen MR) is 99.6 cm³/mol. The topological polar surface area (TPSA) is 32.3 Å². The van der Waals surface area contributed by atoms with E-state index in [1.165, 1.54) is 24.0 Å². The van der Waals surface area contributed by atoms with Gasteiger partial charge in [0.05, 0.1) is 6.04 Å². The summed E-state index contributed by atoms with van der Waals surface area (Å²) in [6.07, 6.45) is 4.54. The van der Waals surface area contributed by atoms with Gasteiger partial charge in [-0.1, -0.05) is 17.7 Å². The molecular weight excluding hydrogens is 320 g/mol. The maximum absolute atomic E-state index is 12.3. The van der Waals surface area contributed by atoms with Gasteiger partial charge in [0.2, 0.25) is 5.91 Å². The Bertz CT molecular complexity index is 635. The molecule has 0 radical (unpaired) electrons. The van der Waals surface area contributed by atoms with Crippen LogP contribution in [0.2, 0.25) is 5.02 Å². The summed E-state index contributed by atoms with van der Waals surface area (Å²) in [5, 5.41) is 4.31. The number of piperidine rings is 1. The van der Waals surface area contributed by atoms with Crippen molar-refractivity contribution in [2.75, 3.05) is 13.1 Å². The molecule has 1 N–H and O–H groups in total. The summed E-state index contributed by atoms with van der Waals surface area (Å²) in [6.45, 7) is 10.1. The zero-order valence-electron chi connectivity index (χ0n) is 15.3. The summed E-state index contributed by atoms with van der Waals surface area (Å²) in [7, 11) is 0. The number of halogens is 1. The van der Waals surface area contributed by atoms with Crippen LogP contribution < -0.4 is 5.32 Å². The highest BCUT2D eigenvalue weighted by atomic mass is 35.5. The van der Waals surface area contributed by atoms with Crippen molar-refractivity contribution in [3.8, 4) is 0 Å². The number of nitrogens with one attached hydrogen (secondary N) is 1. The Morgan fingerprint density at radius 2 is 1.96 bits per heavy atom. The Labute approximate surface area is 150 Å². The quantitative estimate of drug-likeness (QED) is 0.861. The Morgan fingerprint density at radius 1 is 1.29 bits per heavy atom. The van der Waals surface area contributed by atoms with Gasteiger partial charge >= 0.3 is 0 Å². The standard InChI is InChI=1S/C20H29ClN2O/c1-13(2)23(15(4)24)19-5-6-20(7-9-22-10-8-20)17-11-14(3)18(21)12-16(17)19/h11-13,19,22H,5-10H2,1-4H3/t19-/m0/s1. The maximum Gasteiger partial charge on any atom is 0.220 e. The van der Waals surface area contributed by atoms with Crippen molar-refractivity contribution in [3.05, 3.63) is 33.8 Å². The van der Waals surface area contributed by atoms with Gasteiger partial charge in [-0.3, -0.25) is 4.79 Å². The minimum Gasteiger partial charge on any atom is -0.333 e. The third-order valence-electron chi connectivity index (χ3n) is 5.97. The number of carbonyl (C=O) groups excluding carboxylic acids is 1. The molecule has 132 valence electrons. The maximum atomic E-state index is 12.3. The average molecular weight is 349 g/mol. The second-order valence-corrected chi connectivity index (χ2v) is 8.20. The Balaban J connectivity index is 2.12.